The van der Waals surface area contributed by atoms with Gasteiger partial charge in [0.05, 0.1) is 5.69 Å². The summed E-state index contributed by atoms with van der Waals surface area (Å²) in [4.78, 5) is 17.7. The number of hydrogen-bond acceptors (Lipinski definition) is 3. The molecule has 138 valence electrons. The SMILES string of the molecule is CC(NC(=O)/C=C/c1c(Cl)nc2sccn12)C12CC3CC(CC(C3)C1)C2. The second kappa shape index (κ2) is 6.10. The molecule has 2 aromatic rings. The predicted octanol–water partition coefficient (Wildman–Crippen LogP) is 4.78. The van der Waals surface area contributed by atoms with Gasteiger partial charge in [0, 0.05) is 23.7 Å². The topological polar surface area (TPSA) is 46.4 Å². The summed E-state index contributed by atoms with van der Waals surface area (Å²) in [6, 6.07) is 0.232. The van der Waals surface area contributed by atoms with Crippen LogP contribution in [0.3, 0.4) is 0 Å². The molecular weight excluding hydrogens is 366 g/mol. The van der Waals surface area contributed by atoms with Crippen molar-refractivity contribution in [1.29, 1.82) is 0 Å². The number of imidazole rings is 1. The molecule has 2 aromatic heterocycles. The molecule has 0 saturated heterocycles. The van der Waals surface area contributed by atoms with E-state index < -0.39 is 0 Å². The Morgan fingerprint density at radius 3 is 2.65 bits per heavy atom. The molecule has 4 saturated carbocycles. The fourth-order valence-electron chi connectivity index (χ4n) is 6.20. The minimum atomic E-state index is -0.0329. The van der Waals surface area contributed by atoms with E-state index in [-0.39, 0.29) is 11.9 Å². The van der Waals surface area contributed by atoms with Gasteiger partial charge in [0.1, 0.15) is 0 Å². The predicted molar refractivity (Wildman–Crippen MR) is 105 cm³/mol. The first-order valence-electron chi connectivity index (χ1n) is 9.62. The highest BCUT2D eigenvalue weighted by Gasteiger charge is 2.53. The normalized spacial score (nSPS) is 34.0. The first-order chi connectivity index (χ1) is 12.5. The third kappa shape index (κ3) is 2.71. The second-order valence-corrected chi connectivity index (χ2v) is 9.92. The summed E-state index contributed by atoms with van der Waals surface area (Å²) >= 11 is 7.73. The van der Waals surface area contributed by atoms with Crippen LogP contribution in [0.1, 0.15) is 51.1 Å². The average molecular weight is 390 g/mol. The van der Waals surface area contributed by atoms with Crippen LogP contribution in [0.25, 0.3) is 11.0 Å². The lowest BCUT2D eigenvalue weighted by Gasteiger charge is -2.59. The Hall–Kier alpha value is -1.33. The van der Waals surface area contributed by atoms with Crippen LogP contribution in [0.4, 0.5) is 0 Å². The third-order valence-electron chi connectivity index (χ3n) is 7.01. The largest absolute Gasteiger partial charge is 0.350 e. The number of thiazole rings is 1. The lowest BCUT2D eigenvalue weighted by atomic mass is 9.48. The molecule has 1 atom stereocenters. The maximum atomic E-state index is 12.6. The summed E-state index contributed by atoms with van der Waals surface area (Å²) in [5.74, 6) is 2.66. The molecule has 1 N–H and O–H groups in total. The van der Waals surface area contributed by atoms with Gasteiger partial charge in [0.25, 0.3) is 0 Å². The average Bonchev–Trinajstić information content (AvgIpc) is 3.12. The van der Waals surface area contributed by atoms with Crippen LogP contribution >= 0.6 is 22.9 Å². The first-order valence-corrected chi connectivity index (χ1v) is 10.9. The number of carbonyl (C=O) groups is 1. The Balaban J connectivity index is 1.30. The van der Waals surface area contributed by atoms with Gasteiger partial charge >= 0.3 is 0 Å². The molecule has 0 aliphatic heterocycles. The second-order valence-electron chi connectivity index (χ2n) is 8.69. The fraction of sp³-hybridized carbons (Fsp3) is 0.600. The van der Waals surface area contributed by atoms with Crippen LogP contribution in [-0.2, 0) is 4.79 Å². The maximum Gasteiger partial charge on any atom is 0.244 e. The third-order valence-corrected chi connectivity index (χ3v) is 8.04. The van der Waals surface area contributed by atoms with Gasteiger partial charge in [-0.1, -0.05) is 11.6 Å². The quantitative estimate of drug-likeness (QED) is 0.764. The van der Waals surface area contributed by atoms with E-state index in [4.69, 9.17) is 11.6 Å². The van der Waals surface area contributed by atoms with Crippen LogP contribution in [0, 0.1) is 23.2 Å². The molecule has 4 nitrogen and oxygen atoms in total. The monoisotopic (exact) mass is 389 g/mol. The summed E-state index contributed by atoms with van der Waals surface area (Å²) in [7, 11) is 0. The number of nitrogens with zero attached hydrogens (tertiary/aromatic N) is 2. The number of amides is 1. The van der Waals surface area contributed by atoms with Gasteiger partial charge in [-0.05, 0) is 74.7 Å². The van der Waals surface area contributed by atoms with Gasteiger partial charge in [-0.15, -0.1) is 11.3 Å². The van der Waals surface area contributed by atoms with Gasteiger partial charge in [0.2, 0.25) is 5.91 Å². The van der Waals surface area contributed by atoms with Crippen molar-refractivity contribution in [2.75, 3.05) is 0 Å². The van der Waals surface area contributed by atoms with Crippen LogP contribution in [0.2, 0.25) is 5.15 Å². The van der Waals surface area contributed by atoms with Crippen LogP contribution in [0.15, 0.2) is 17.7 Å². The fourth-order valence-corrected chi connectivity index (χ4v) is 7.21. The highest BCUT2D eigenvalue weighted by atomic mass is 35.5. The van der Waals surface area contributed by atoms with Crippen molar-refractivity contribution in [2.24, 2.45) is 23.2 Å². The van der Waals surface area contributed by atoms with E-state index in [0.717, 1.165) is 28.4 Å². The molecule has 4 fully saturated rings. The molecule has 1 unspecified atom stereocenters. The van der Waals surface area contributed by atoms with Crippen molar-refractivity contribution in [3.63, 3.8) is 0 Å². The molecule has 0 aromatic carbocycles. The van der Waals surface area contributed by atoms with E-state index in [1.165, 1.54) is 49.9 Å². The van der Waals surface area contributed by atoms with Crippen molar-refractivity contribution in [1.82, 2.24) is 14.7 Å². The van der Waals surface area contributed by atoms with Crippen molar-refractivity contribution in [2.45, 2.75) is 51.5 Å². The maximum absolute atomic E-state index is 12.6. The molecule has 26 heavy (non-hydrogen) atoms. The summed E-state index contributed by atoms with van der Waals surface area (Å²) in [5, 5.41) is 5.67. The summed E-state index contributed by atoms with van der Waals surface area (Å²) in [6.45, 7) is 2.21. The Bertz CT molecular complexity index is 848. The lowest BCUT2D eigenvalue weighted by molar-refractivity contribution is -0.121. The summed E-state index contributed by atoms with van der Waals surface area (Å²) in [6.07, 6.45) is 13.5. The zero-order valence-corrected chi connectivity index (χ0v) is 16.5. The van der Waals surface area contributed by atoms with E-state index in [1.54, 1.807) is 12.2 Å². The van der Waals surface area contributed by atoms with E-state index >= 15 is 0 Å². The highest BCUT2D eigenvalue weighted by Crippen LogP contribution is 2.61. The molecule has 0 radical (unpaired) electrons. The van der Waals surface area contributed by atoms with Crippen molar-refractivity contribution in [3.8, 4) is 0 Å². The van der Waals surface area contributed by atoms with Gasteiger partial charge in [0.15, 0.2) is 10.1 Å². The van der Waals surface area contributed by atoms with Crippen LogP contribution in [-0.4, -0.2) is 21.3 Å². The van der Waals surface area contributed by atoms with Gasteiger partial charge in [-0.3, -0.25) is 9.20 Å². The molecule has 2 heterocycles. The standard InChI is InChI=1S/C20H24ClN3OS/c1-12(20-9-13-6-14(10-20)8-15(7-13)11-20)22-17(25)3-2-16-18(21)23-19-24(16)4-5-26-19/h2-5,12-15H,6-11H2,1H3,(H,22,25)/b3-2+. The highest BCUT2D eigenvalue weighted by molar-refractivity contribution is 7.15. The van der Waals surface area contributed by atoms with Crippen molar-refractivity contribution in [3.05, 3.63) is 28.5 Å². The van der Waals surface area contributed by atoms with Gasteiger partial charge in [-0.25, -0.2) is 4.98 Å². The van der Waals surface area contributed by atoms with Gasteiger partial charge < -0.3 is 5.32 Å². The minimum Gasteiger partial charge on any atom is -0.350 e. The molecule has 6 rings (SSSR count). The Labute approximate surface area is 162 Å². The molecule has 0 spiro atoms. The minimum absolute atomic E-state index is 0.0329. The Kier molecular flexibility index (Phi) is 3.94. The number of carbonyl (C=O) groups excluding carboxylic acids is 1. The molecule has 6 heteroatoms. The molecular formula is C20H24ClN3OS. The smallest absolute Gasteiger partial charge is 0.244 e. The molecule has 1 amide bonds. The Morgan fingerprint density at radius 1 is 1.35 bits per heavy atom. The number of nitrogens with one attached hydrogen (secondary N) is 1. The number of halogens is 1. The summed E-state index contributed by atoms with van der Waals surface area (Å²) < 4.78 is 1.92. The molecule has 4 aliphatic carbocycles. The molecule has 4 bridgehead atoms. The van der Waals surface area contributed by atoms with Crippen LogP contribution < -0.4 is 5.32 Å². The van der Waals surface area contributed by atoms with Crippen LogP contribution in [0.5, 0.6) is 0 Å². The van der Waals surface area contributed by atoms with E-state index in [1.807, 2.05) is 16.0 Å². The number of hydrogen-bond donors (Lipinski definition) is 1. The van der Waals surface area contributed by atoms with E-state index in [2.05, 4.69) is 17.2 Å². The summed E-state index contributed by atoms with van der Waals surface area (Å²) in [5.41, 5.74) is 1.09. The molecule has 4 aliphatic rings. The van der Waals surface area contributed by atoms with E-state index in [0.29, 0.717) is 10.6 Å². The van der Waals surface area contributed by atoms with Gasteiger partial charge in [-0.2, -0.15) is 0 Å². The van der Waals surface area contributed by atoms with Crippen molar-refractivity contribution >= 4 is 39.9 Å². The zero-order chi connectivity index (χ0) is 17.9. The lowest BCUT2D eigenvalue weighted by Crippen LogP contribution is -2.55. The van der Waals surface area contributed by atoms with Crippen molar-refractivity contribution < 1.29 is 4.79 Å². The Morgan fingerprint density at radius 2 is 2.00 bits per heavy atom. The first kappa shape index (κ1) is 16.8. The van der Waals surface area contributed by atoms with E-state index in [9.17, 15) is 4.79 Å². The zero-order valence-electron chi connectivity index (χ0n) is 15.0. The number of aromatic nitrogens is 2. The number of rotatable bonds is 4. The number of fused-ring (bicyclic) bond motifs is 1.